The summed E-state index contributed by atoms with van der Waals surface area (Å²) >= 11 is 0. The van der Waals surface area contributed by atoms with Crippen LogP contribution in [0.3, 0.4) is 0 Å². The lowest BCUT2D eigenvalue weighted by Crippen LogP contribution is -2.49. The second-order valence-corrected chi connectivity index (χ2v) is 3.45. The maximum absolute atomic E-state index is 5.55. The van der Waals surface area contributed by atoms with Gasteiger partial charge in [-0.05, 0) is 12.3 Å². The van der Waals surface area contributed by atoms with Gasteiger partial charge in [0.15, 0.2) is 0 Å². The minimum Gasteiger partial charge on any atom is -0.380 e. The van der Waals surface area contributed by atoms with E-state index in [-0.39, 0.29) is 12.1 Å². The van der Waals surface area contributed by atoms with Gasteiger partial charge in [-0.15, -0.1) is 0 Å². The number of nitrogens with one attached hydrogen (secondary N) is 1. The molecule has 0 radical (unpaired) electrons. The fourth-order valence-electron chi connectivity index (χ4n) is 1.91. The van der Waals surface area contributed by atoms with E-state index in [0.29, 0.717) is 5.92 Å². The van der Waals surface area contributed by atoms with Crippen LogP contribution in [-0.2, 0) is 4.74 Å². The number of nitrogens with two attached hydrogens (primary N) is 1. The Balaban J connectivity index is 4.26. The Bertz CT molecular complexity index is 99.5. The van der Waals surface area contributed by atoms with Gasteiger partial charge in [-0.3, -0.25) is 11.3 Å². The second-order valence-electron chi connectivity index (χ2n) is 3.45. The molecule has 0 heterocycles. The predicted octanol–water partition coefficient (Wildman–Crippen LogP) is 1.68. The molecule has 0 bridgehead atoms. The SMILES string of the molecule is CCC(CC)C(NN)C(CC)OC. The molecule has 2 atom stereocenters. The summed E-state index contributed by atoms with van der Waals surface area (Å²) in [5, 5.41) is 0. The molecule has 0 aromatic rings. The fourth-order valence-corrected chi connectivity index (χ4v) is 1.91. The third-order valence-electron chi connectivity index (χ3n) is 2.85. The van der Waals surface area contributed by atoms with Gasteiger partial charge in [0, 0.05) is 7.11 Å². The molecule has 0 spiro atoms. The van der Waals surface area contributed by atoms with Crippen molar-refractivity contribution in [2.24, 2.45) is 11.8 Å². The van der Waals surface area contributed by atoms with Crippen molar-refractivity contribution in [3.8, 4) is 0 Å². The molecule has 3 heteroatoms. The van der Waals surface area contributed by atoms with Crippen molar-refractivity contribution >= 4 is 0 Å². The van der Waals surface area contributed by atoms with Crippen molar-refractivity contribution in [1.82, 2.24) is 5.43 Å². The molecule has 0 fully saturated rings. The highest BCUT2D eigenvalue weighted by Crippen LogP contribution is 2.18. The van der Waals surface area contributed by atoms with Gasteiger partial charge in [0.05, 0.1) is 12.1 Å². The summed E-state index contributed by atoms with van der Waals surface area (Å²) in [5.74, 6) is 6.15. The van der Waals surface area contributed by atoms with Crippen molar-refractivity contribution in [2.45, 2.75) is 52.2 Å². The van der Waals surface area contributed by atoms with Gasteiger partial charge < -0.3 is 4.74 Å². The molecular weight excluding hydrogens is 164 g/mol. The van der Waals surface area contributed by atoms with Crippen LogP contribution in [0.25, 0.3) is 0 Å². The predicted molar refractivity (Wildman–Crippen MR) is 56.3 cm³/mol. The molecule has 3 nitrogen and oxygen atoms in total. The zero-order valence-corrected chi connectivity index (χ0v) is 9.34. The van der Waals surface area contributed by atoms with Crippen LogP contribution in [0.2, 0.25) is 0 Å². The van der Waals surface area contributed by atoms with E-state index in [9.17, 15) is 0 Å². The molecule has 0 rings (SSSR count). The normalized spacial score (nSPS) is 16.2. The van der Waals surface area contributed by atoms with Crippen LogP contribution < -0.4 is 11.3 Å². The first-order chi connectivity index (χ1) is 6.24. The fraction of sp³-hybridized carbons (Fsp3) is 1.00. The number of methoxy groups -OCH3 is 1. The first-order valence-corrected chi connectivity index (χ1v) is 5.23. The highest BCUT2D eigenvalue weighted by molar-refractivity contribution is 4.80. The van der Waals surface area contributed by atoms with E-state index >= 15 is 0 Å². The van der Waals surface area contributed by atoms with E-state index in [1.807, 2.05) is 0 Å². The molecule has 80 valence electrons. The van der Waals surface area contributed by atoms with Crippen molar-refractivity contribution in [2.75, 3.05) is 7.11 Å². The minimum absolute atomic E-state index is 0.231. The lowest BCUT2D eigenvalue weighted by molar-refractivity contribution is 0.0427. The summed E-state index contributed by atoms with van der Waals surface area (Å²) in [4.78, 5) is 0. The van der Waals surface area contributed by atoms with E-state index in [4.69, 9.17) is 10.6 Å². The molecular formula is C10H24N2O. The third kappa shape index (κ3) is 3.63. The van der Waals surface area contributed by atoms with E-state index in [1.54, 1.807) is 7.11 Å². The Hall–Kier alpha value is -0.120. The largest absolute Gasteiger partial charge is 0.380 e. The number of hydrogen-bond donors (Lipinski definition) is 2. The summed E-state index contributed by atoms with van der Waals surface area (Å²) in [6.07, 6.45) is 3.52. The molecule has 0 amide bonds. The zero-order chi connectivity index (χ0) is 10.3. The summed E-state index contributed by atoms with van der Waals surface area (Å²) < 4.78 is 5.39. The molecule has 0 aliphatic rings. The van der Waals surface area contributed by atoms with E-state index in [2.05, 4.69) is 26.2 Å². The highest BCUT2D eigenvalue weighted by atomic mass is 16.5. The van der Waals surface area contributed by atoms with Crippen LogP contribution in [0, 0.1) is 5.92 Å². The van der Waals surface area contributed by atoms with E-state index in [1.165, 1.54) is 0 Å². The third-order valence-corrected chi connectivity index (χ3v) is 2.85. The van der Waals surface area contributed by atoms with Crippen LogP contribution in [0.1, 0.15) is 40.0 Å². The van der Waals surface area contributed by atoms with Gasteiger partial charge in [-0.2, -0.15) is 0 Å². The smallest absolute Gasteiger partial charge is 0.0737 e. The maximum Gasteiger partial charge on any atom is 0.0737 e. The summed E-state index contributed by atoms with van der Waals surface area (Å²) in [7, 11) is 1.75. The Morgan fingerprint density at radius 3 is 1.92 bits per heavy atom. The van der Waals surface area contributed by atoms with Crippen LogP contribution in [0.5, 0.6) is 0 Å². The van der Waals surface area contributed by atoms with Crippen molar-refractivity contribution in [3.63, 3.8) is 0 Å². The van der Waals surface area contributed by atoms with Gasteiger partial charge in [0.25, 0.3) is 0 Å². The Morgan fingerprint density at radius 1 is 1.15 bits per heavy atom. The van der Waals surface area contributed by atoms with Crippen LogP contribution in [0.15, 0.2) is 0 Å². The second kappa shape index (κ2) is 7.30. The molecule has 0 aromatic carbocycles. The first kappa shape index (κ1) is 12.9. The van der Waals surface area contributed by atoms with Gasteiger partial charge in [-0.25, -0.2) is 0 Å². The lowest BCUT2D eigenvalue weighted by atomic mass is 9.89. The molecule has 13 heavy (non-hydrogen) atoms. The molecule has 0 aliphatic heterocycles. The highest BCUT2D eigenvalue weighted by Gasteiger charge is 2.24. The average Bonchev–Trinajstić information content (AvgIpc) is 2.18. The molecule has 3 N–H and O–H groups in total. The molecule has 0 saturated carbocycles. The van der Waals surface area contributed by atoms with Crippen LogP contribution in [0.4, 0.5) is 0 Å². The lowest BCUT2D eigenvalue weighted by Gasteiger charge is -2.30. The van der Waals surface area contributed by atoms with Gasteiger partial charge in [0.1, 0.15) is 0 Å². The van der Waals surface area contributed by atoms with Crippen LogP contribution >= 0.6 is 0 Å². The monoisotopic (exact) mass is 188 g/mol. The Kier molecular flexibility index (Phi) is 7.23. The first-order valence-electron chi connectivity index (χ1n) is 5.23. The summed E-state index contributed by atoms with van der Waals surface area (Å²) in [6, 6.07) is 0.282. The van der Waals surface area contributed by atoms with Gasteiger partial charge >= 0.3 is 0 Å². The summed E-state index contributed by atoms with van der Waals surface area (Å²) in [5.41, 5.74) is 2.88. The summed E-state index contributed by atoms with van der Waals surface area (Å²) in [6.45, 7) is 6.52. The van der Waals surface area contributed by atoms with E-state index in [0.717, 1.165) is 19.3 Å². The number of rotatable bonds is 7. The molecule has 0 aliphatic carbocycles. The Labute approximate surface area is 82.0 Å². The zero-order valence-electron chi connectivity index (χ0n) is 9.34. The van der Waals surface area contributed by atoms with Crippen molar-refractivity contribution < 1.29 is 4.74 Å². The molecule has 2 unspecified atom stereocenters. The van der Waals surface area contributed by atoms with Gasteiger partial charge in [0.2, 0.25) is 0 Å². The van der Waals surface area contributed by atoms with Crippen molar-refractivity contribution in [1.29, 1.82) is 0 Å². The average molecular weight is 188 g/mol. The molecule has 0 aromatic heterocycles. The number of hydrazine groups is 1. The van der Waals surface area contributed by atoms with Gasteiger partial charge in [-0.1, -0.05) is 33.6 Å². The Morgan fingerprint density at radius 2 is 1.69 bits per heavy atom. The number of ether oxygens (including phenoxy) is 1. The topological polar surface area (TPSA) is 47.3 Å². The standard InChI is InChI=1S/C10H24N2O/c1-5-8(6-2)10(12-11)9(7-3)13-4/h8-10,12H,5-7,11H2,1-4H3. The maximum atomic E-state index is 5.55. The quantitative estimate of drug-likeness (QED) is 0.472. The van der Waals surface area contributed by atoms with Crippen molar-refractivity contribution in [3.05, 3.63) is 0 Å². The number of hydrogen-bond acceptors (Lipinski definition) is 3. The van der Waals surface area contributed by atoms with E-state index < -0.39 is 0 Å². The minimum atomic E-state index is 0.231. The van der Waals surface area contributed by atoms with Crippen LogP contribution in [-0.4, -0.2) is 19.3 Å². The molecule has 0 saturated heterocycles.